The zero-order chi connectivity index (χ0) is 16.0. The average Bonchev–Trinajstić information content (AvgIpc) is 2.44. The molecule has 0 amide bonds. The summed E-state index contributed by atoms with van der Waals surface area (Å²) < 4.78 is 32.9. The lowest BCUT2D eigenvalue weighted by molar-refractivity contribution is -0.384. The lowest BCUT2D eigenvalue weighted by atomic mass is 10.3. The van der Waals surface area contributed by atoms with Crippen LogP contribution >= 0.6 is 0 Å². The number of aliphatic hydroxyl groups is 1. The lowest BCUT2D eigenvalue weighted by Crippen LogP contribution is -2.28. The van der Waals surface area contributed by atoms with Crippen LogP contribution in [0.5, 0.6) is 11.5 Å². The van der Waals surface area contributed by atoms with Crippen LogP contribution in [0.15, 0.2) is 18.2 Å². The highest BCUT2D eigenvalue weighted by Gasteiger charge is 2.18. The molecule has 8 nitrogen and oxygen atoms in total. The number of ether oxygens (including phenoxy) is 2. The number of hydrogen-bond donors (Lipinski definition) is 1. The molecule has 1 aromatic carbocycles. The first-order valence-corrected chi connectivity index (χ1v) is 7.95. The molecule has 0 saturated carbocycles. The minimum atomic E-state index is -3.31. The molecule has 118 valence electrons. The van der Waals surface area contributed by atoms with Crippen LogP contribution in [0.3, 0.4) is 0 Å². The van der Waals surface area contributed by atoms with Gasteiger partial charge in [-0.1, -0.05) is 6.92 Å². The summed E-state index contributed by atoms with van der Waals surface area (Å²) in [6, 6.07) is 3.75. The Kier molecular flexibility index (Phi) is 5.91. The van der Waals surface area contributed by atoms with Gasteiger partial charge in [0.1, 0.15) is 12.7 Å². The number of aliphatic hydroxyl groups excluding tert-OH is 1. The number of benzene rings is 1. The van der Waals surface area contributed by atoms with E-state index in [2.05, 4.69) is 0 Å². The van der Waals surface area contributed by atoms with Gasteiger partial charge in [0, 0.05) is 11.8 Å². The minimum Gasteiger partial charge on any atom is -0.493 e. The maximum absolute atomic E-state index is 11.3. The fourth-order valence-corrected chi connectivity index (χ4v) is 2.45. The average molecular weight is 319 g/mol. The van der Waals surface area contributed by atoms with Crippen molar-refractivity contribution in [3.05, 3.63) is 28.3 Å². The molecule has 1 rings (SSSR count). The summed E-state index contributed by atoms with van der Waals surface area (Å²) in [6.07, 6.45) is -1.19. The smallest absolute Gasteiger partial charge is 0.273 e. The predicted molar refractivity (Wildman–Crippen MR) is 75.5 cm³/mol. The number of methoxy groups -OCH3 is 1. The Hall–Kier alpha value is -1.87. The molecule has 0 bridgehead atoms. The van der Waals surface area contributed by atoms with Gasteiger partial charge in [0.25, 0.3) is 5.69 Å². The van der Waals surface area contributed by atoms with Crippen LogP contribution in [-0.2, 0) is 9.84 Å². The van der Waals surface area contributed by atoms with E-state index in [0.717, 1.165) is 0 Å². The van der Waals surface area contributed by atoms with E-state index >= 15 is 0 Å². The molecular weight excluding hydrogens is 302 g/mol. The third-order valence-electron chi connectivity index (χ3n) is 2.68. The summed E-state index contributed by atoms with van der Waals surface area (Å²) in [6.45, 7) is 1.23. The highest BCUT2D eigenvalue weighted by Crippen LogP contribution is 2.31. The summed E-state index contributed by atoms with van der Waals surface area (Å²) in [5, 5.41) is 20.3. The maximum atomic E-state index is 11.3. The van der Waals surface area contributed by atoms with Crippen molar-refractivity contribution in [1.82, 2.24) is 0 Å². The Bertz CT molecular complexity index is 600. The Morgan fingerprint density at radius 2 is 2.05 bits per heavy atom. The zero-order valence-corrected chi connectivity index (χ0v) is 12.5. The van der Waals surface area contributed by atoms with Crippen LogP contribution in [0.25, 0.3) is 0 Å². The first-order chi connectivity index (χ1) is 9.79. The molecule has 1 unspecified atom stereocenters. The Morgan fingerprint density at radius 1 is 1.38 bits per heavy atom. The summed E-state index contributed by atoms with van der Waals surface area (Å²) in [4.78, 5) is 10.1. The second-order valence-electron chi connectivity index (χ2n) is 4.26. The molecule has 0 spiro atoms. The van der Waals surface area contributed by atoms with Crippen molar-refractivity contribution in [2.45, 2.75) is 13.0 Å². The molecule has 1 aromatic rings. The van der Waals surface area contributed by atoms with Gasteiger partial charge >= 0.3 is 0 Å². The monoisotopic (exact) mass is 319 g/mol. The van der Waals surface area contributed by atoms with Crippen molar-refractivity contribution in [1.29, 1.82) is 0 Å². The highest BCUT2D eigenvalue weighted by atomic mass is 32.2. The number of hydrogen-bond acceptors (Lipinski definition) is 7. The van der Waals surface area contributed by atoms with Gasteiger partial charge in [0.15, 0.2) is 21.3 Å². The summed E-state index contributed by atoms with van der Waals surface area (Å²) >= 11 is 0. The number of rotatable bonds is 8. The van der Waals surface area contributed by atoms with E-state index < -0.39 is 26.6 Å². The largest absolute Gasteiger partial charge is 0.493 e. The van der Waals surface area contributed by atoms with Crippen LogP contribution < -0.4 is 9.47 Å². The summed E-state index contributed by atoms with van der Waals surface area (Å²) in [5.41, 5.74) is -0.159. The van der Waals surface area contributed by atoms with Gasteiger partial charge in [-0.05, 0) is 6.07 Å². The molecule has 0 aliphatic rings. The number of sulfone groups is 1. The van der Waals surface area contributed by atoms with Gasteiger partial charge in [-0.25, -0.2) is 8.42 Å². The zero-order valence-electron chi connectivity index (χ0n) is 11.7. The third kappa shape index (κ3) is 5.20. The first kappa shape index (κ1) is 17.2. The molecule has 9 heteroatoms. The Labute approximate surface area is 122 Å². The lowest BCUT2D eigenvalue weighted by Gasteiger charge is -2.14. The van der Waals surface area contributed by atoms with Crippen LogP contribution in [0.1, 0.15) is 6.92 Å². The standard InChI is InChI=1S/C12H17NO7S/c1-3-21(17,18)8-10(14)7-20-11-5-4-9(13(15)16)6-12(11)19-2/h4-6,10,14H,3,7-8H2,1-2H3. The van der Waals surface area contributed by atoms with Crippen LogP contribution in [-0.4, -0.2) is 49.8 Å². The number of nitro groups is 1. The van der Waals surface area contributed by atoms with Gasteiger partial charge in [0.05, 0.1) is 23.9 Å². The molecular formula is C12H17NO7S. The van der Waals surface area contributed by atoms with Crippen molar-refractivity contribution in [3.63, 3.8) is 0 Å². The molecule has 0 aromatic heterocycles. The first-order valence-electron chi connectivity index (χ1n) is 6.12. The predicted octanol–water partition coefficient (Wildman–Crippen LogP) is 0.778. The van der Waals surface area contributed by atoms with E-state index in [1.807, 2.05) is 0 Å². The summed E-state index contributed by atoms with van der Waals surface area (Å²) in [7, 11) is -1.98. The second-order valence-corrected chi connectivity index (χ2v) is 6.65. The van der Waals surface area contributed by atoms with E-state index in [4.69, 9.17) is 9.47 Å². The van der Waals surface area contributed by atoms with Gasteiger partial charge in [-0.15, -0.1) is 0 Å². The quantitative estimate of drug-likeness (QED) is 0.556. The fourth-order valence-electron chi connectivity index (χ4n) is 1.53. The molecule has 0 aliphatic carbocycles. The molecule has 1 N–H and O–H groups in total. The number of nitrogens with zero attached hydrogens (tertiary/aromatic N) is 1. The Balaban J connectivity index is 2.73. The second kappa shape index (κ2) is 7.23. The van der Waals surface area contributed by atoms with E-state index in [1.165, 1.54) is 32.2 Å². The van der Waals surface area contributed by atoms with Crippen molar-refractivity contribution in [2.24, 2.45) is 0 Å². The van der Waals surface area contributed by atoms with E-state index in [-0.39, 0.29) is 29.5 Å². The van der Waals surface area contributed by atoms with E-state index in [1.54, 1.807) is 0 Å². The minimum absolute atomic E-state index is 0.0646. The molecule has 0 saturated heterocycles. The molecule has 0 aliphatic heterocycles. The molecule has 21 heavy (non-hydrogen) atoms. The molecule has 1 atom stereocenters. The highest BCUT2D eigenvalue weighted by molar-refractivity contribution is 7.91. The van der Waals surface area contributed by atoms with Crippen molar-refractivity contribution in [3.8, 4) is 11.5 Å². The topological polar surface area (TPSA) is 116 Å². The molecule has 0 heterocycles. The molecule has 0 radical (unpaired) electrons. The van der Waals surface area contributed by atoms with Crippen molar-refractivity contribution >= 4 is 15.5 Å². The van der Waals surface area contributed by atoms with E-state index in [0.29, 0.717) is 0 Å². The third-order valence-corrected chi connectivity index (χ3v) is 4.45. The maximum Gasteiger partial charge on any atom is 0.273 e. The van der Waals surface area contributed by atoms with Crippen molar-refractivity contribution < 1.29 is 27.9 Å². The van der Waals surface area contributed by atoms with Gasteiger partial charge in [0.2, 0.25) is 0 Å². The van der Waals surface area contributed by atoms with Crippen LogP contribution in [0, 0.1) is 10.1 Å². The normalized spacial score (nSPS) is 12.7. The van der Waals surface area contributed by atoms with Gasteiger partial charge in [-0.2, -0.15) is 0 Å². The van der Waals surface area contributed by atoms with E-state index in [9.17, 15) is 23.6 Å². The van der Waals surface area contributed by atoms with Gasteiger partial charge in [-0.3, -0.25) is 10.1 Å². The molecule has 0 fully saturated rings. The van der Waals surface area contributed by atoms with Crippen LogP contribution in [0.2, 0.25) is 0 Å². The summed E-state index contributed by atoms with van der Waals surface area (Å²) in [5.74, 6) is -0.144. The van der Waals surface area contributed by atoms with Gasteiger partial charge < -0.3 is 14.6 Å². The number of nitro benzene ring substituents is 1. The number of non-ortho nitro benzene ring substituents is 1. The fraction of sp³-hybridized carbons (Fsp3) is 0.500. The SMILES string of the molecule is CCS(=O)(=O)CC(O)COc1ccc([N+](=O)[O-])cc1OC. The Morgan fingerprint density at radius 3 is 2.57 bits per heavy atom. The van der Waals surface area contributed by atoms with Crippen LogP contribution in [0.4, 0.5) is 5.69 Å². The van der Waals surface area contributed by atoms with Crippen molar-refractivity contribution in [2.75, 3.05) is 25.2 Å².